The lowest BCUT2D eigenvalue weighted by Crippen LogP contribution is -2.08. The van der Waals surface area contributed by atoms with Gasteiger partial charge in [-0.05, 0) is 24.3 Å². The number of fused-ring (bicyclic) bond motifs is 1. The molecule has 6 nitrogen and oxygen atoms in total. The summed E-state index contributed by atoms with van der Waals surface area (Å²) < 4.78 is 10.8. The molecule has 3 heterocycles. The maximum absolute atomic E-state index is 12.0. The van der Waals surface area contributed by atoms with Crippen LogP contribution in [0.5, 0.6) is 0 Å². The highest BCUT2D eigenvalue weighted by Crippen LogP contribution is 2.22. The van der Waals surface area contributed by atoms with Crippen LogP contribution in [0.1, 0.15) is 11.6 Å². The van der Waals surface area contributed by atoms with E-state index in [4.69, 9.17) is 9.15 Å². The maximum atomic E-state index is 12.0. The second-order valence-corrected chi connectivity index (χ2v) is 6.13. The van der Waals surface area contributed by atoms with Crippen molar-refractivity contribution in [2.45, 2.75) is 13.0 Å². The third-order valence-electron chi connectivity index (χ3n) is 3.46. The van der Waals surface area contributed by atoms with Crippen molar-refractivity contribution in [1.29, 1.82) is 0 Å². The zero-order valence-corrected chi connectivity index (χ0v) is 13.9. The molecule has 4 rings (SSSR count). The SMILES string of the molecule is O=C(Cc1csc(-c2ccccn2)n1)OCc1nc2ccccc2o1. The van der Waals surface area contributed by atoms with Gasteiger partial charge < -0.3 is 9.15 Å². The van der Waals surface area contributed by atoms with Gasteiger partial charge in [-0.15, -0.1) is 11.3 Å². The van der Waals surface area contributed by atoms with Gasteiger partial charge in [0, 0.05) is 11.6 Å². The summed E-state index contributed by atoms with van der Waals surface area (Å²) in [5, 5.41) is 2.62. The Morgan fingerprint density at radius 2 is 2.00 bits per heavy atom. The predicted octanol–water partition coefficient (Wildman–Crippen LogP) is 3.63. The van der Waals surface area contributed by atoms with Crippen LogP contribution in [-0.2, 0) is 22.6 Å². The Kier molecular flexibility index (Phi) is 4.22. The molecule has 0 saturated carbocycles. The molecule has 7 heteroatoms. The molecule has 0 amide bonds. The normalized spacial score (nSPS) is 10.9. The fourth-order valence-corrected chi connectivity index (χ4v) is 3.11. The standard InChI is InChI=1S/C18H13N3O3S/c22-17(23-10-16-21-13-5-1-2-7-15(13)24-16)9-12-11-25-18(20-12)14-6-3-4-8-19-14/h1-8,11H,9-10H2. The molecule has 0 fully saturated rings. The van der Waals surface area contributed by atoms with Crippen molar-refractivity contribution in [3.8, 4) is 10.7 Å². The minimum absolute atomic E-state index is 0.00471. The van der Waals surface area contributed by atoms with E-state index in [9.17, 15) is 4.79 Å². The lowest BCUT2D eigenvalue weighted by Gasteiger charge is -2.00. The summed E-state index contributed by atoms with van der Waals surface area (Å²) in [7, 11) is 0. The van der Waals surface area contributed by atoms with E-state index in [0.29, 0.717) is 17.2 Å². The van der Waals surface area contributed by atoms with Crippen molar-refractivity contribution in [3.05, 3.63) is 65.6 Å². The van der Waals surface area contributed by atoms with Crippen LogP contribution in [0.15, 0.2) is 58.5 Å². The van der Waals surface area contributed by atoms with Gasteiger partial charge in [0.25, 0.3) is 0 Å². The van der Waals surface area contributed by atoms with Crippen molar-refractivity contribution in [1.82, 2.24) is 15.0 Å². The lowest BCUT2D eigenvalue weighted by atomic mass is 10.3. The molecule has 0 spiro atoms. The van der Waals surface area contributed by atoms with E-state index in [1.54, 1.807) is 6.20 Å². The molecular weight excluding hydrogens is 338 g/mol. The van der Waals surface area contributed by atoms with Crippen LogP contribution < -0.4 is 0 Å². The summed E-state index contributed by atoms with van der Waals surface area (Å²) in [5.41, 5.74) is 2.87. The van der Waals surface area contributed by atoms with Crippen LogP contribution >= 0.6 is 11.3 Å². The Morgan fingerprint density at radius 3 is 2.84 bits per heavy atom. The summed E-state index contributed by atoms with van der Waals surface area (Å²) in [5.74, 6) is 0.00197. The first-order valence-electron chi connectivity index (χ1n) is 7.64. The summed E-state index contributed by atoms with van der Waals surface area (Å²) in [6.45, 7) is 0.00471. The van der Waals surface area contributed by atoms with Crippen molar-refractivity contribution < 1.29 is 13.9 Å². The van der Waals surface area contributed by atoms with Gasteiger partial charge in [0.15, 0.2) is 12.2 Å². The van der Waals surface area contributed by atoms with E-state index < -0.39 is 0 Å². The molecule has 0 aliphatic rings. The fourth-order valence-electron chi connectivity index (χ4n) is 2.32. The van der Waals surface area contributed by atoms with Gasteiger partial charge in [-0.2, -0.15) is 0 Å². The number of hydrogen-bond acceptors (Lipinski definition) is 7. The number of hydrogen-bond donors (Lipinski definition) is 0. The topological polar surface area (TPSA) is 78.1 Å². The molecule has 124 valence electrons. The second kappa shape index (κ2) is 6.82. The van der Waals surface area contributed by atoms with E-state index >= 15 is 0 Å². The summed E-state index contributed by atoms with van der Waals surface area (Å²) in [6.07, 6.45) is 1.81. The second-order valence-electron chi connectivity index (χ2n) is 5.27. The third kappa shape index (κ3) is 3.56. The minimum atomic E-state index is -0.375. The molecule has 0 aliphatic heterocycles. The number of para-hydroxylation sites is 2. The van der Waals surface area contributed by atoms with Gasteiger partial charge in [-0.25, -0.2) is 9.97 Å². The van der Waals surface area contributed by atoms with Gasteiger partial charge in [0.05, 0.1) is 17.8 Å². The Balaban J connectivity index is 1.37. The number of ether oxygens (including phenoxy) is 1. The fraction of sp³-hybridized carbons (Fsp3) is 0.111. The summed E-state index contributed by atoms with van der Waals surface area (Å²) in [4.78, 5) is 24.9. The first kappa shape index (κ1) is 15.5. The molecule has 0 saturated heterocycles. The van der Waals surface area contributed by atoms with Crippen molar-refractivity contribution in [2.75, 3.05) is 0 Å². The summed E-state index contributed by atoms with van der Waals surface area (Å²) in [6, 6.07) is 13.0. The van der Waals surface area contributed by atoms with Gasteiger partial charge in [-0.3, -0.25) is 9.78 Å². The molecule has 3 aromatic heterocycles. The van der Waals surface area contributed by atoms with Crippen LogP contribution in [0.25, 0.3) is 21.8 Å². The average Bonchev–Trinajstić information content (AvgIpc) is 3.27. The van der Waals surface area contributed by atoms with Gasteiger partial charge >= 0.3 is 5.97 Å². The summed E-state index contributed by atoms with van der Waals surface area (Å²) >= 11 is 1.45. The first-order valence-corrected chi connectivity index (χ1v) is 8.52. The molecule has 0 unspecified atom stereocenters. The van der Waals surface area contributed by atoms with E-state index in [2.05, 4.69) is 15.0 Å². The van der Waals surface area contributed by atoms with Crippen molar-refractivity contribution in [3.63, 3.8) is 0 Å². The lowest BCUT2D eigenvalue weighted by molar-refractivity contribution is -0.144. The number of carbonyl (C=O) groups excluding carboxylic acids is 1. The average molecular weight is 351 g/mol. The highest BCUT2D eigenvalue weighted by Gasteiger charge is 2.12. The first-order chi connectivity index (χ1) is 12.3. The van der Waals surface area contributed by atoms with E-state index in [0.717, 1.165) is 16.2 Å². The Morgan fingerprint density at radius 1 is 1.12 bits per heavy atom. The molecule has 0 N–H and O–H groups in total. The van der Waals surface area contributed by atoms with E-state index in [1.807, 2.05) is 47.8 Å². The number of nitrogens with zero attached hydrogens (tertiary/aromatic N) is 3. The maximum Gasteiger partial charge on any atom is 0.312 e. The number of thiazole rings is 1. The van der Waals surface area contributed by atoms with Crippen molar-refractivity contribution in [2.24, 2.45) is 0 Å². The molecule has 25 heavy (non-hydrogen) atoms. The number of aromatic nitrogens is 3. The number of esters is 1. The number of pyridine rings is 1. The molecule has 0 aliphatic carbocycles. The zero-order chi connectivity index (χ0) is 17.1. The minimum Gasteiger partial charge on any atom is -0.455 e. The van der Waals surface area contributed by atoms with Crippen LogP contribution in [0.4, 0.5) is 0 Å². The molecule has 4 aromatic rings. The van der Waals surface area contributed by atoms with Crippen LogP contribution in [0.2, 0.25) is 0 Å². The Bertz CT molecular complexity index is 978. The Labute approximate surface area is 147 Å². The molecule has 1 aromatic carbocycles. The van der Waals surface area contributed by atoms with Gasteiger partial charge in [0.1, 0.15) is 10.5 Å². The third-order valence-corrected chi connectivity index (χ3v) is 4.37. The molecule has 0 radical (unpaired) electrons. The smallest absolute Gasteiger partial charge is 0.312 e. The highest BCUT2D eigenvalue weighted by atomic mass is 32.1. The van der Waals surface area contributed by atoms with Crippen molar-refractivity contribution >= 4 is 28.4 Å². The van der Waals surface area contributed by atoms with E-state index in [-0.39, 0.29) is 19.0 Å². The zero-order valence-electron chi connectivity index (χ0n) is 13.1. The van der Waals surface area contributed by atoms with E-state index in [1.165, 1.54) is 11.3 Å². The van der Waals surface area contributed by atoms with Gasteiger partial charge in [0.2, 0.25) is 5.89 Å². The number of rotatable bonds is 5. The van der Waals surface area contributed by atoms with Crippen LogP contribution in [0, 0.1) is 0 Å². The molecule has 0 bridgehead atoms. The quantitative estimate of drug-likeness (QED) is 0.511. The highest BCUT2D eigenvalue weighted by molar-refractivity contribution is 7.13. The van der Waals surface area contributed by atoms with Gasteiger partial charge in [-0.1, -0.05) is 18.2 Å². The number of oxazole rings is 1. The number of benzene rings is 1. The van der Waals surface area contributed by atoms with Crippen LogP contribution in [-0.4, -0.2) is 20.9 Å². The predicted molar refractivity (Wildman–Crippen MR) is 92.9 cm³/mol. The Hall–Kier alpha value is -3.06. The molecular formula is C18H13N3O3S. The van der Waals surface area contributed by atoms with Crippen LogP contribution in [0.3, 0.4) is 0 Å². The largest absolute Gasteiger partial charge is 0.455 e. The monoisotopic (exact) mass is 351 g/mol. The molecule has 0 atom stereocenters. The number of carbonyl (C=O) groups is 1.